The maximum absolute atomic E-state index is 12.2. The Kier molecular flexibility index (Phi) is 5.85. The minimum Gasteiger partial charge on any atom is -0.493 e. The summed E-state index contributed by atoms with van der Waals surface area (Å²) in [6, 6.07) is 15.7. The third-order valence-corrected chi connectivity index (χ3v) is 4.23. The Hall–Kier alpha value is -2.49. The lowest BCUT2D eigenvalue weighted by Gasteiger charge is -2.30. The number of methoxy groups -OCH3 is 2. The van der Waals surface area contributed by atoms with Crippen LogP contribution in [0, 0.1) is 0 Å². The first-order valence-electron chi connectivity index (χ1n) is 7.98. The van der Waals surface area contributed by atoms with Crippen LogP contribution in [-0.2, 0) is 14.9 Å². The first-order chi connectivity index (χ1) is 11.5. The highest BCUT2D eigenvalue weighted by Gasteiger charge is 2.33. The highest BCUT2D eigenvalue weighted by Crippen LogP contribution is 2.39. The van der Waals surface area contributed by atoms with Crippen molar-refractivity contribution in [1.29, 1.82) is 0 Å². The molecule has 0 aromatic heterocycles. The first kappa shape index (κ1) is 17.9. The molecule has 0 aliphatic heterocycles. The van der Waals surface area contributed by atoms with E-state index >= 15 is 0 Å². The van der Waals surface area contributed by atoms with Crippen LogP contribution in [0.25, 0.3) is 0 Å². The van der Waals surface area contributed by atoms with Crippen molar-refractivity contribution in [3.63, 3.8) is 0 Å². The van der Waals surface area contributed by atoms with E-state index in [0.29, 0.717) is 18.1 Å². The molecule has 0 spiro atoms. The molecule has 2 aromatic carbocycles. The molecule has 0 aliphatic carbocycles. The molecule has 1 unspecified atom stereocenters. The molecule has 0 N–H and O–H groups in total. The molecule has 0 bridgehead atoms. The summed E-state index contributed by atoms with van der Waals surface area (Å²) >= 11 is 0. The lowest BCUT2D eigenvalue weighted by Crippen LogP contribution is -2.28. The van der Waals surface area contributed by atoms with Crippen LogP contribution in [0.3, 0.4) is 0 Å². The van der Waals surface area contributed by atoms with Crippen LogP contribution in [0.15, 0.2) is 48.5 Å². The summed E-state index contributed by atoms with van der Waals surface area (Å²) in [6.07, 6.45) is 0.250. The molecule has 2 aromatic rings. The van der Waals surface area contributed by atoms with Gasteiger partial charge < -0.3 is 14.2 Å². The van der Waals surface area contributed by atoms with Crippen LogP contribution in [-0.4, -0.2) is 26.8 Å². The summed E-state index contributed by atoms with van der Waals surface area (Å²) in [5.74, 6) is 1.08. The third kappa shape index (κ3) is 3.70. The molecule has 0 aliphatic rings. The number of hydrogen-bond acceptors (Lipinski definition) is 4. The molecule has 0 amide bonds. The monoisotopic (exact) mass is 328 g/mol. The Morgan fingerprint density at radius 2 is 1.62 bits per heavy atom. The van der Waals surface area contributed by atoms with E-state index in [4.69, 9.17) is 14.2 Å². The molecule has 4 nitrogen and oxygen atoms in total. The number of rotatable bonds is 7. The Morgan fingerprint density at radius 1 is 0.958 bits per heavy atom. The van der Waals surface area contributed by atoms with Gasteiger partial charge in [0.2, 0.25) is 0 Å². The van der Waals surface area contributed by atoms with Crippen molar-refractivity contribution in [1.82, 2.24) is 0 Å². The van der Waals surface area contributed by atoms with Gasteiger partial charge in [-0.25, -0.2) is 0 Å². The van der Waals surface area contributed by atoms with E-state index in [-0.39, 0.29) is 12.4 Å². The van der Waals surface area contributed by atoms with E-state index in [1.165, 1.54) is 0 Å². The van der Waals surface area contributed by atoms with Gasteiger partial charge in [-0.1, -0.05) is 43.3 Å². The van der Waals surface area contributed by atoms with Crippen molar-refractivity contribution >= 4 is 5.97 Å². The quantitative estimate of drug-likeness (QED) is 0.722. The van der Waals surface area contributed by atoms with Crippen molar-refractivity contribution in [2.45, 2.75) is 25.7 Å². The molecule has 0 fully saturated rings. The summed E-state index contributed by atoms with van der Waals surface area (Å²) in [4.78, 5) is 12.2. The standard InChI is InChI=1S/C20H24O4/c1-5-24-19(21)14-20(2,15-9-7-6-8-10-15)16-11-12-17(22-3)18(13-16)23-4/h6-13H,5,14H2,1-4H3. The zero-order valence-corrected chi connectivity index (χ0v) is 14.7. The Morgan fingerprint density at radius 3 is 2.21 bits per heavy atom. The molecular formula is C20H24O4. The van der Waals surface area contributed by atoms with Gasteiger partial charge in [0.1, 0.15) is 0 Å². The molecule has 24 heavy (non-hydrogen) atoms. The second-order valence-electron chi connectivity index (χ2n) is 5.75. The average Bonchev–Trinajstić information content (AvgIpc) is 2.61. The fourth-order valence-electron chi connectivity index (χ4n) is 2.86. The highest BCUT2D eigenvalue weighted by atomic mass is 16.5. The minimum atomic E-state index is -0.521. The van der Waals surface area contributed by atoms with Crippen molar-refractivity contribution < 1.29 is 19.0 Å². The molecule has 0 heterocycles. The van der Waals surface area contributed by atoms with Crippen LogP contribution in [0.4, 0.5) is 0 Å². The van der Waals surface area contributed by atoms with E-state index in [1.807, 2.05) is 62.4 Å². The number of carbonyl (C=O) groups is 1. The van der Waals surface area contributed by atoms with Crippen molar-refractivity contribution in [2.24, 2.45) is 0 Å². The number of benzene rings is 2. The van der Waals surface area contributed by atoms with Crippen LogP contribution < -0.4 is 9.47 Å². The highest BCUT2D eigenvalue weighted by molar-refractivity contribution is 5.73. The van der Waals surface area contributed by atoms with Gasteiger partial charge in [0, 0.05) is 5.41 Å². The lowest BCUT2D eigenvalue weighted by atomic mass is 9.73. The summed E-state index contributed by atoms with van der Waals surface area (Å²) in [5, 5.41) is 0. The molecule has 128 valence electrons. The second kappa shape index (κ2) is 7.86. The second-order valence-corrected chi connectivity index (χ2v) is 5.75. The SMILES string of the molecule is CCOC(=O)CC(C)(c1ccccc1)c1ccc(OC)c(OC)c1. The smallest absolute Gasteiger partial charge is 0.307 e. The predicted molar refractivity (Wildman–Crippen MR) is 93.7 cm³/mol. The van der Waals surface area contributed by atoms with Gasteiger partial charge >= 0.3 is 5.97 Å². The average molecular weight is 328 g/mol. The fraction of sp³-hybridized carbons (Fsp3) is 0.350. The van der Waals surface area contributed by atoms with Crippen molar-refractivity contribution in [3.8, 4) is 11.5 Å². The van der Waals surface area contributed by atoms with Crippen LogP contribution >= 0.6 is 0 Å². The normalized spacial score (nSPS) is 13.0. The fourth-order valence-corrected chi connectivity index (χ4v) is 2.86. The third-order valence-electron chi connectivity index (χ3n) is 4.23. The Balaban J connectivity index is 2.52. The van der Waals surface area contributed by atoms with E-state index in [9.17, 15) is 4.79 Å². The van der Waals surface area contributed by atoms with E-state index < -0.39 is 5.41 Å². The summed E-state index contributed by atoms with van der Waals surface area (Å²) in [5.41, 5.74) is 1.50. The number of carbonyl (C=O) groups excluding carboxylic acids is 1. The van der Waals surface area contributed by atoms with E-state index in [2.05, 4.69) is 0 Å². The molecular weight excluding hydrogens is 304 g/mol. The molecule has 1 atom stereocenters. The van der Waals surface area contributed by atoms with Crippen LogP contribution in [0.2, 0.25) is 0 Å². The number of hydrogen-bond donors (Lipinski definition) is 0. The van der Waals surface area contributed by atoms with Crippen molar-refractivity contribution in [2.75, 3.05) is 20.8 Å². The van der Waals surface area contributed by atoms with Gasteiger partial charge in [-0.15, -0.1) is 0 Å². The Labute approximate surface area is 143 Å². The number of ether oxygens (including phenoxy) is 3. The van der Waals surface area contributed by atoms with Gasteiger partial charge in [0.15, 0.2) is 11.5 Å². The van der Waals surface area contributed by atoms with Crippen molar-refractivity contribution in [3.05, 3.63) is 59.7 Å². The maximum Gasteiger partial charge on any atom is 0.307 e. The van der Waals surface area contributed by atoms with Crippen LogP contribution in [0.5, 0.6) is 11.5 Å². The maximum atomic E-state index is 12.2. The van der Waals surface area contributed by atoms with E-state index in [0.717, 1.165) is 11.1 Å². The predicted octanol–water partition coefficient (Wildman–Crippen LogP) is 3.96. The number of esters is 1. The zero-order chi connectivity index (χ0) is 17.6. The molecule has 2 rings (SSSR count). The van der Waals surface area contributed by atoms with Gasteiger partial charge in [0.05, 0.1) is 27.2 Å². The molecule has 0 saturated carbocycles. The van der Waals surface area contributed by atoms with Crippen LogP contribution in [0.1, 0.15) is 31.4 Å². The topological polar surface area (TPSA) is 44.8 Å². The summed E-state index contributed by atoms with van der Waals surface area (Å²) < 4.78 is 15.9. The largest absolute Gasteiger partial charge is 0.493 e. The van der Waals surface area contributed by atoms with Gasteiger partial charge in [-0.3, -0.25) is 4.79 Å². The minimum absolute atomic E-state index is 0.223. The Bertz CT molecular complexity index is 681. The van der Waals surface area contributed by atoms with Gasteiger partial charge in [0.25, 0.3) is 0 Å². The van der Waals surface area contributed by atoms with Gasteiger partial charge in [-0.05, 0) is 30.2 Å². The lowest BCUT2D eigenvalue weighted by molar-refractivity contribution is -0.144. The zero-order valence-electron chi connectivity index (χ0n) is 14.7. The summed E-state index contributed by atoms with van der Waals surface area (Å²) in [6.45, 7) is 4.23. The molecule has 0 radical (unpaired) electrons. The first-order valence-corrected chi connectivity index (χ1v) is 7.98. The van der Waals surface area contributed by atoms with Gasteiger partial charge in [-0.2, -0.15) is 0 Å². The molecule has 0 saturated heterocycles. The molecule has 4 heteroatoms. The van der Waals surface area contributed by atoms with E-state index in [1.54, 1.807) is 14.2 Å². The summed E-state index contributed by atoms with van der Waals surface area (Å²) in [7, 11) is 3.21.